The van der Waals surface area contributed by atoms with E-state index in [1.807, 2.05) is 0 Å². The topological polar surface area (TPSA) is 50.4 Å². The molecule has 1 aliphatic heterocycles. The van der Waals surface area contributed by atoms with Crippen molar-refractivity contribution in [2.24, 2.45) is 10.7 Å². The third kappa shape index (κ3) is 1.63. The highest BCUT2D eigenvalue weighted by Crippen LogP contribution is 2.06. The van der Waals surface area contributed by atoms with Crippen LogP contribution in [0.2, 0.25) is 0 Å². The molecular formula is C5H9F2N3. The highest BCUT2D eigenvalue weighted by Gasteiger charge is 2.21. The van der Waals surface area contributed by atoms with Crippen LogP contribution in [0.25, 0.3) is 0 Å². The summed E-state index contributed by atoms with van der Waals surface area (Å²) in [5.74, 6) is 0.261. The average molecular weight is 149 g/mol. The van der Waals surface area contributed by atoms with Crippen molar-refractivity contribution in [1.82, 2.24) is 5.32 Å². The van der Waals surface area contributed by atoms with E-state index in [1.54, 1.807) is 0 Å². The van der Waals surface area contributed by atoms with Gasteiger partial charge in [0.15, 0.2) is 0 Å². The van der Waals surface area contributed by atoms with Crippen LogP contribution in [0.5, 0.6) is 0 Å². The lowest BCUT2D eigenvalue weighted by atomic mass is 10.3. The van der Waals surface area contributed by atoms with Crippen LogP contribution in [0.15, 0.2) is 4.99 Å². The second-order valence-corrected chi connectivity index (χ2v) is 2.15. The molecule has 0 aliphatic carbocycles. The molecule has 0 radical (unpaired) electrons. The smallest absolute Gasteiger partial charge is 0.261 e. The summed E-state index contributed by atoms with van der Waals surface area (Å²) in [6.45, 7) is 0.640. The normalized spacial score (nSPS) is 26.7. The van der Waals surface area contributed by atoms with Crippen LogP contribution in [0.1, 0.15) is 0 Å². The van der Waals surface area contributed by atoms with Gasteiger partial charge >= 0.3 is 0 Å². The number of halogens is 2. The Morgan fingerprint density at radius 2 is 2.40 bits per heavy atom. The zero-order chi connectivity index (χ0) is 7.56. The van der Waals surface area contributed by atoms with Gasteiger partial charge in [-0.2, -0.15) is 0 Å². The highest BCUT2D eigenvalue weighted by atomic mass is 19.3. The molecule has 0 spiro atoms. The van der Waals surface area contributed by atoms with Gasteiger partial charge in [0.05, 0.1) is 6.54 Å². The number of alkyl halides is 2. The van der Waals surface area contributed by atoms with Crippen LogP contribution in [0, 0.1) is 0 Å². The number of rotatable bonds is 1. The van der Waals surface area contributed by atoms with E-state index in [2.05, 4.69) is 10.3 Å². The number of nitrogens with two attached hydrogens (primary N) is 1. The van der Waals surface area contributed by atoms with E-state index in [4.69, 9.17) is 5.73 Å². The Bertz CT molecular complexity index is 146. The monoisotopic (exact) mass is 149 g/mol. The van der Waals surface area contributed by atoms with Crippen molar-refractivity contribution in [3.8, 4) is 0 Å². The number of amidine groups is 1. The molecule has 0 saturated heterocycles. The lowest BCUT2D eigenvalue weighted by Crippen LogP contribution is -2.43. The first-order valence-corrected chi connectivity index (χ1v) is 3.01. The zero-order valence-electron chi connectivity index (χ0n) is 5.35. The van der Waals surface area contributed by atoms with Crippen molar-refractivity contribution in [1.29, 1.82) is 0 Å². The van der Waals surface area contributed by atoms with Gasteiger partial charge in [-0.25, -0.2) is 8.78 Å². The Morgan fingerprint density at radius 1 is 1.70 bits per heavy atom. The molecule has 1 aliphatic rings. The number of nitrogens with zero attached hydrogens (tertiary/aromatic N) is 1. The summed E-state index contributed by atoms with van der Waals surface area (Å²) >= 11 is 0. The minimum Gasteiger partial charge on any atom is -0.386 e. The summed E-state index contributed by atoms with van der Waals surface area (Å²) in [5, 5.41) is 2.73. The maximum atomic E-state index is 11.9. The maximum Gasteiger partial charge on any atom is 0.261 e. The third-order valence-corrected chi connectivity index (χ3v) is 1.28. The van der Waals surface area contributed by atoms with Crippen LogP contribution >= 0.6 is 0 Å². The van der Waals surface area contributed by atoms with E-state index >= 15 is 0 Å². The van der Waals surface area contributed by atoms with Crippen LogP contribution < -0.4 is 11.1 Å². The van der Waals surface area contributed by atoms with Crippen molar-refractivity contribution in [2.45, 2.75) is 12.5 Å². The van der Waals surface area contributed by atoms with Gasteiger partial charge in [-0.3, -0.25) is 4.99 Å². The fourth-order valence-electron chi connectivity index (χ4n) is 0.798. The van der Waals surface area contributed by atoms with Gasteiger partial charge in [0.2, 0.25) is 0 Å². The minimum atomic E-state index is -2.41. The molecule has 0 aromatic rings. The largest absolute Gasteiger partial charge is 0.386 e. The Hall–Kier alpha value is -0.710. The minimum absolute atomic E-state index is 0.221. The summed E-state index contributed by atoms with van der Waals surface area (Å²) < 4.78 is 23.8. The average Bonchev–Trinajstić information content (AvgIpc) is 1.88. The van der Waals surface area contributed by atoms with Crippen molar-refractivity contribution in [2.75, 3.05) is 13.1 Å². The summed E-state index contributed by atoms with van der Waals surface area (Å²) in [4.78, 5) is 3.56. The Kier molecular flexibility index (Phi) is 2.16. The molecule has 58 valence electrons. The van der Waals surface area contributed by atoms with E-state index in [0.29, 0.717) is 6.54 Å². The predicted molar refractivity (Wildman–Crippen MR) is 34.3 cm³/mol. The van der Waals surface area contributed by atoms with Gasteiger partial charge < -0.3 is 11.1 Å². The molecule has 0 aromatic carbocycles. The quantitative estimate of drug-likeness (QED) is 0.532. The van der Waals surface area contributed by atoms with E-state index in [1.165, 1.54) is 0 Å². The molecule has 0 amide bonds. The standard InChI is InChI=1S/C5H9F2N3/c6-5(7)3-1-9-2-4(8)10-3/h3,5,9H,1-2H2,(H2,8,10). The van der Waals surface area contributed by atoms with Crippen molar-refractivity contribution >= 4 is 5.84 Å². The molecule has 3 nitrogen and oxygen atoms in total. The number of hydrogen-bond acceptors (Lipinski definition) is 3. The van der Waals surface area contributed by atoms with Crippen molar-refractivity contribution in [3.05, 3.63) is 0 Å². The fraction of sp³-hybridized carbons (Fsp3) is 0.800. The van der Waals surface area contributed by atoms with Crippen molar-refractivity contribution < 1.29 is 8.78 Å². The van der Waals surface area contributed by atoms with Crippen molar-refractivity contribution in [3.63, 3.8) is 0 Å². The summed E-state index contributed by atoms with van der Waals surface area (Å²) in [7, 11) is 0. The van der Waals surface area contributed by atoms with Gasteiger partial charge in [0, 0.05) is 6.54 Å². The lowest BCUT2D eigenvalue weighted by Gasteiger charge is -2.18. The first kappa shape index (κ1) is 7.40. The predicted octanol–water partition coefficient (Wildman–Crippen LogP) is -0.420. The molecule has 5 heteroatoms. The summed E-state index contributed by atoms with van der Waals surface area (Å²) in [6, 6.07) is -0.950. The molecule has 10 heavy (non-hydrogen) atoms. The lowest BCUT2D eigenvalue weighted by molar-refractivity contribution is 0.115. The Balaban J connectivity index is 2.53. The second kappa shape index (κ2) is 2.92. The van der Waals surface area contributed by atoms with Gasteiger partial charge in [-0.1, -0.05) is 0 Å². The second-order valence-electron chi connectivity index (χ2n) is 2.15. The maximum absolute atomic E-state index is 11.9. The van der Waals surface area contributed by atoms with Crippen LogP contribution in [0.3, 0.4) is 0 Å². The first-order chi connectivity index (χ1) is 4.70. The van der Waals surface area contributed by atoms with E-state index in [-0.39, 0.29) is 12.4 Å². The molecule has 1 rings (SSSR count). The molecule has 1 atom stereocenters. The molecule has 0 bridgehead atoms. The first-order valence-electron chi connectivity index (χ1n) is 3.01. The Labute approximate surface area is 57.3 Å². The number of aliphatic imine (C=N–C) groups is 1. The van der Waals surface area contributed by atoms with E-state index in [9.17, 15) is 8.78 Å². The highest BCUT2D eigenvalue weighted by molar-refractivity contribution is 5.83. The Morgan fingerprint density at radius 3 is 2.80 bits per heavy atom. The van der Waals surface area contributed by atoms with Crippen LogP contribution in [-0.4, -0.2) is 31.4 Å². The van der Waals surface area contributed by atoms with Gasteiger partial charge in [0.1, 0.15) is 11.9 Å². The summed E-state index contributed by atoms with van der Waals surface area (Å²) in [5.41, 5.74) is 5.22. The van der Waals surface area contributed by atoms with E-state index < -0.39 is 12.5 Å². The number of hydrogen-bond donors (Lipinski definition) is 2. The molecule has 0 fully saturated rings. The van der Waals surface area contributed by atoms with Crippen LogP contribution in [-0.2, 0) is 0 Å². The molecule has 0 saturated carbocycles. The third-order valence-electron chi connectivity index (χ3n) is 1.28. The number of nitrogens with one attached hydrogen (secondary N) is 1. The molecule has 3 N–H and O–H groups in total. The van der Waals surface area contributed by atoms with Gasteiger partial charge in [-0.15, -0.1) is 0 Å². The molecule has 1 heterocycles. The van der Waals surface area contributed by atoms with Crippen LogP contribution in [0.4, 0.5) is 8.78 Å². The fourth-order valence-corrected chi connectivity index (χ4v) is 0.798. The van der Waals surface area contributed by atoms with Gasteiger partial charge in [0.25, 0.3) is 6.43 Å². The molecular weight excluding hydrogens is 140 g/mol. The summed E-state index contributed by atoms with van der Waals surface area (Å²) in [6.07, 6.45) is -2.41. The SMILES string of the molecule is NC1=NC(C(F)F)CNC1. The van der Waals surface area contributed by atoms with E-state index in [0.717, 1.165) is 0 Å². The molecule has 0 aromatic heterocycles. The zero-order valence-corrected chi connectivity index (χ0v) is 5.35. The van der Waals surface area contributed by atoms with Gasteiger partial charge in [-0.05, 0) is 0 Å². The molecule has 1 unspecified atom stereocenters.